The van der Waals surface area contributed by atoms with E-state index in [1.807, 2.05) is 0 Å². The van der Waals surface area contributed by atoms with Crippen molar-refractivity contribution in [2.45, 2.75) is 6.18 Å². The first-order valence-corrected chi connectivity index (χ1v) is 8.05. The molecule has 0 N–H and O–H groups in total. The molecule has 0 aromatic carbocycles. The third-order valence-electron chi connectivity index (χ3n) is 3.22. The molecule has 0 aliphatic carbocycles. The Morgan fingerprint density at radius 1 is 1.28 bits per heavy atom. The second-order valence-corrected chi connectivity index (χ2v) is 6.55. The Kier molecular flexibility index (Phi) is 4.53. The number of rotatable bonds is 3. The molecule has 0 fully saturated rings. The minimum Gasteiger partial charge on any atom is -0.267 e. The zero-order valence-corrected chi connectivity index (χ0v) is 14.2. The summed E-state index contributed by atoms with van der Waals surface area (Å²) >= 11 is 6.65. The van der Waals surface area contributed by atoms with Gasteiger partial charge in [-0.2, -0.15) is 18.3 Å². The number of carbonyl (C=O) groups excluding carboxylic acids is 1. The highest BCUT2D eigenvalue weighted by Crippen LogP contribution is 2.35. The first-order valence-electron chi connectivity index (χ1n) is 6.90. The van der Waals surface area contributed by atoms with E-state index < -0.39 is 17.8 Å². The monoisotopic (exact) mass is 386 g/mol. The molecule has 0 aliphatic rings. The highest BCUT2D eigenvalue weighted by molar-refractivity contribution is 7.17. The van der Waals surface area contributed by atoms with Crippen LogP contribution in [0.5, 0.6) is 0 Å². The van der Waals surface area contributed by atoms with Crippen LogP contribution in [0.2, 0.25) is 0 Å². The van der Waals surface area contributed by atoms with Crippen molar-refractivity contribution in [3.8, 4) is 16.4 Å². The van der Waals surface area contributed by atoms with E-state index in [9.17, 15) is 18.0 Å². The predicted molar refractivity (Wildman–Crippen MR) is 87.6 cm³/mol. The second kappa shape index (κ2) is 6.49. The van der Waals surface area contributed by atoms with E-state index >= 15 is 0 Å². The van der Waals surface area contributed by atoms with Crippen LogP contribution in [-0.4, -0.2) is 32.1 Å². The molecular formula is C15H10ClF3N4OS. The Labute approximate surface area is 149 Å². The number of alkyl halides is 3. The lowest BCUT2D eigenvalue weighted by Crippen LogP contribution is -2.14. The van der Waals surface area contributed by atoms with Crippen LogP contribution in [-0.2, 0) is 6.18 Å². The maximum atomic E-state index is 13.1. The van der Waals surface area contributed by atoms with E-state index in [-0.39, 0.29) is 11.5 Å². The van der Waals surface area contributed by atoms with E-state index in [1.54, 1.807) is 24.3 Å². The van der Waals surface area contributed by atoms with E-state index in [0.717, 1.165) is 26.5 Å². The number of halogens is 4. The summed E-state index contributed by atoms with van der Waals surface area (Å²) in [5, 5.41) is 3.63. The van der Waals surface area contributed by atoms with Crippen molar-refractivity contribution in [1.82, 2.24) is 19.2 Å². The highest BCUT2D eigenvalue weighted by atomic mass is 35.5. The van der Waals surface area contributed by atoms with Crippen molar-refractivity contribution in [2.24, 2.45) is 0 Å². The molecule has 1 amide bonds. The molecule has 25 heavy (non-hydrogen) atoms. The van der Waals surface area contributed by atoms with Crippen LogP contribution in [0.25, 0.3) is 16.4 Å². The van der Waals surface area contributed by atoms with Gasteiger partial charge in [0, 0.05) is 25.0 Å². The van der Waals surface area contributed by atoms with Gasteiger partial charge in [0.2, 0.25) is 0 Å². The van der Waals surface area contributed by atoms with Gasteiger partial charge < -0.3 is 0 Å². The number of hydrogen-bond acceptors (Lipinski definition) is 4. The highest BCUT2D eigenvalue weighted by Gasteiger charge is 2.35. The number of carbonyl (C=O) groups is 1. The van der Waals surface area contributed by atoms with E-state index in [2.05, 4.69) is 10.1 Å². The molecule has 3 aromatic rings. The van der Waals surface area contributed by atoms with Crippen LogP contribution in [0.15, 0.2) is 42.6 Å². The Balaban J connectivity index is 2.12. The first kappa shape index (κ1) is 17.4. The molecule has 3 heterocycles. The van der Waals surface area contributed by atoms with Crippen LogP contribution in [0.3, 0.4) is 0 Å². The lowest BCUT2D eigenvalue weighted by molar-refractivity contribution is -0.141. The predicted octanol–water partition coefficient (Wildman–Crippen LogP) is 4.24. The maximum absolute atomic E-state index is 13.1. The molecule has 0 saturated carbocycles. The van der Waals surface area contributed by atoms with Gasteiger partial charge >= 0.3 is 6.18 Å². The molecule has 130 valence electrons. The average Bonchev–Trinajstić information content (AvgIpc) is 3.21. The van der Waals surface area contributed by atoms with Gasteiger partial charge in [-0.25, -0.2) is 9.67 Å². The SMILES string of the molecule is CN(Cl)C(=O)c1ccc(-c2cc(C(F)(F)F)nn2-c2ccccn2)s1. The lowest BCUT2D eigenvalue weighted by Gasteiger charge is -2.05. The minimum absolute atomic E-state index is 0.187. The number of nitrogens with zero attached hydrogens (tertiary/aromatic N) is 4. The van der Waals surface area contributed by atoms with Crippen molar-refractivity contribution < 1.29 is 18.0 Å². The molecule has 0 bridgehead atoms. The summed E-state index contributed by atoms with van der Waals surface area (Å²) in [5.74, 6) is -0.207. The van der Waals surface area contributed by atoms with Crippen molar-refractivity contribution in [3.05, 3.63) is 53.2 Å². The van der Waals surface area contributed by atoms with Gasteiger partial charge in [-0.3, -0.25) is 9.21 Å². The molecule has 3 rings (SSSR count). The second-order valence-electron chi connectivity index (χ2n) is 4.96. The van der Waals surface area contributed by atoms with Gasteiger partial charge in [-0.1, -0.05) is 6.07 Å². The van der Waals surface area contributed by atoms with Crippen LogP contribution in [0, 0.1) is 0 Å². The molecule has 0 unspecified atom stereocenters. The van der Waals surface area contributed by atoms with E-state index in [0.29, 0.717) is 9.75 Å². The number of amides is 1. The Morgan fingerprint density at radius 3 is 2.64 bits per heavy atom. The normalized spacial score (nSPS) is 11.6. The summed E-state index contributed by atoms with van der Waals surface area (Å²) in [5.41, 5.74) is -0.851. The summed E-state index contributed by atoms with van der Waals surface area (Å²) in [4.78, 5) is 16.7. The topological polar surface area (TPSA) is 51.0 Å². The van der Waals surface area contributed by atoms with Crippen molar-refractivity contribution in [2.75, 3.05) is 7.05 Å². The van der Waals surface area contributed by atoms with Crippen molar-refractivity contribution >= 4 is 29.0 Å². The molecule has 0 atom stereocenters. The van der Waals surface area contributed by atoms with Gasteiger partial charge in [0.15, 0.2) is 11.5 Å². The maximum Gasteiger partial charge on any atom is 0.435 e. The molecule has 10 heteroatoms. The molecule has 0 spiro atoms. The summed E-state index contributed by atoms with van der Waals surface area (Å²) in [6, 6.07) is 8.82. The van der Waals surface area contributed by atoms with Crippen LogP contribution < -0.4 is 0 Å². The zero-order valence-electron chi connectivity index (χ0n) is 12.7. The van der Waals surface area contributed by atoms with Gasteiger partial charge in [-0.15, -0.1) is 11.3 Å². The number of hydrogen-bond donors (Lipinski definition) is 0. The van der Waals surface area contributed by atoms with Crippen LogP contribution in [0.1, 0.15) is 15.4 Å². The van der Waals surface area contributed by atoms with Crippen LogP contribution >= 0.6 is 23.1 Å². The van der Waals surface area contributed by atoms with E-state index in [1.165, 1.54) is 19.3 Å². The number of thiophene rings is 1. The minimum atomic E-state index is -4.60. The number of aromatic nitrogens is 3. The van der Waals surface area contributed by atoms with Crippen LogP contribution in [0.4, 0.5) is 13.2 Å². The molecule has 5 nitrogen and oxygen atoms in total. The summed E-state index contributed by atoms with van der Waals surface area (Å²) in [6.07, 6.45) is -3.14. The summed E-state index contributed by atoms with van der Waals surface area (Å²) in [6.45, 7) is 0. The molecule has 0 aliphatic heterocycles. The van der Waals surface area contributed by atoms with E-state index in [4.69, 9.17) is 11.8 Å². The fraction of sp³-hybridized carbons (Fsp3) is 0.133. The van der Waals surface area contributed by atoms with Gasteiger partial charge in [0.1, 0.15) is 0 Å². The lowest BCUT2D eigenvalue weighted by atomic mass is 10.3. The molecule has 0 saturated heterocycles. The molecule has 3 aromatic heterocycles. The summed E-state index contributed by atoms with van der Waals surface area (Å²) < 4.78 is 41.2. The van der Waals surface area contributed by atoms with Gasteiger partial charge in [0.25, 0.3) is 5.91 Å². The molecular weight excluding hydrogens is 377 g/mol. The smallest absolute Gasteiger partial charge is 0.267 e. The van der Waals surface area contributed by atoms with Gasteiger partial charge in [-0.05, 0) is 30.3 Å². The van der Waals surface area contributed by atoms with Gasteiger partial charge in [0.05, 0.1) is 15.4 Å². The fourth-order valence-electron chi connectivity index (χ4n) is 2.09. The molecule has 0 radical (unpaired) electrons. The van der Waals surface area contributed by atoms with Crippen molar-refractivity contribution in [1.29, 1.82) is 0 Å². The largest absolute Gasteiger partial charge is 0.435 e. The fourth-order valence-corrected chi connectivity index (χ4v) is 3.22. The van der Waals surface area contributed by atoms with Crippen molar-refractivity contribution in [3.63, 3.8) is 0 Å². The Bertz CT molecular complexity index is 905. The average molecular weight is 387 g/mol. The third-order valence-corrected chi connectivity index (χ3v) is 4.46. The Morgan fingerprint density at radius 2 is 2.04 bits per heavy atom. The Hall–Kier alpha value is -2.39. The standard InChI is InChI=1S/C15H10ClF3N4OS/c1-22(16)14(24)11-6-5-10(25-11)9-8-12(15(17,18)19)21-23(9)13-4-2-3-7-20-13/h2-8H,1H3. The first-order chi connectivity index (χ1) is 11.8. The quantitative estimate of drug-likeness (QED) is 0.633. The third kappa shape index (κ3) is 3.52. The zero-order chi connectivity index (χ0) is 18.2. The summed E-state index contributed by atoms with van der Waals surface area (Å²) in [7, 11) is 1.38. The number of pyridine rings is 1.